The first kappa shape index (κ1) is 17.5. The van der Waals surface area contributed by atoms with Gasteiger partial charge < -0.3 is 14.3 Å². The molecule has 0 aliphatic heterocycles. The molecular weight excluding hydrogens is 362 g/mol. The van der Waals surface area contributed by atoms with E-state index in [1.54, 1.807) is 13.8 Å². The Morgan fingerprint density at radius 3 is 2.84 bits per heavy atom. The summed E-state index contributed by atoms with van der Waals surface area (Å²) >= 11 is 6.33. The smallest absolute Gasteiger partial charge is 0.348 e. The van der Waals surface area contributed by atoms with Crippen molar-refractivity contribution < 1.29 is 9.53 Å². The van der Waals surface area contributed by atoms with Crippen molar-refractivity contribution in [1.82, 2.24) is 24.7 Å². The number of esters is 1. The summed E-state index contributed by atoms with van der Waals surface area (Å²) in [5.41, 5.74) is 0.316. The van der Waals surface area contributed by atoms with Gasteiger partial charge in [-0.3, -0.25) is 9.89 Å². The van der Waals surface area contributed by atoms with Crippen molar-refractivity contribution in [2.24, 2.45) is 0 Å². The second-order valence-electron chi connectivity index (χ2n) is 5.34. The second-order valence-corrected chi connectivity index (χ2v) is 6.72. The molecule has 0 aliphatic rings. The molecule has 3 rings (SSSR count). The first-order valence-corrected chi connectivity index (χ1v) is 9.02. The molecule has 2 N–H and O–H groups in total. The molecule has 0 bridgehead atoms. The molecule has 3 heterocycles. The van der Waals surface area contributed by atoms with Gasteiger partial charge in [0.05, 0.1) is 18.4 Å². The fourth-order valence-electron chi connectivity index (χ4n) is 2.62. The van der Waals surface area contributed by atoms with E-state index in [0.717, 1.165) is 11.3 Å². The quantitative estimate of drug-likeness (QED) is 0.521. The number of hydrogen-bond acceptors (Lipinski definition) is 7. The van der Waals surface area contributed by atoms with Crippen LogP contribution >= 0.6 is 23.6 Å². The van der Waals surface area contributed by atoms with Crippen LogP contribution in [-0.4, -0.2) is 37.3 Å². The lowest BCUT2D eigenvalue weighted by Gasteiger charge is -2.03. The maximum atomic E-state index is 12.5. The monoisotopic (exact) mass is 379 g/mol. The second kappa shape index (κ2) is 6.89. The summed E-state index contributed by atoms with van der Waals surface area (Å²) in [6.07, 6.45) is 0.331. The molecule has 0 saturated heterocycles. The van der Waals surface area contributed by atoms with E-state index < -0.39 is 5.97 Å². The summed E-state index contributed by atoms with van der Waals surface area (Å²) in [5.74, 6) is 0.725. The van der Waals surface area contributed by atoms with Gasteiger partial charge in [0.25, 0.3) is 5.56 Å². The molecule has 0 radical (unpaired) electrons. The van der Waals surface area contributed by atoms with Crippen LogP contribution in [-0.2, 0) is 17.7 Å². The fourth-order valence-corrected chi connectivity index (χ4v) is 4.00. The number of fused-ring (bicyclic) bond motifs is 1. The SMILES string of the molecule is CCOC(=O)c1sc2nc(Cc3n[nH]c(=S)n3CC)[nH]c(=O)c2c1C. The molecule has 0 saturated carbocycles. The zero-order valence-corrected chi connectivity index (χ0v) is 15.6. The number of aromatic nitrogens is 5. The van der Waals surface area contributed by atoms with Crippen molar-refractivity contribution in [3.63, 3.8) is 0 Å². The molecule has 0 fully saturated rings. The normalized spacial score (nSPS) is 11.2. The van der Waals surface area contributed by atoms with Crippen LogP contribution in [0, 0.1) is 11.7 Å². The molecule has 0 unspecified atom stereocenters. The minimum absolute atomic E-state index is 0.276. The topological polar surface area (TPSA) is 106 Å². The van der Waals surface area contributed by atoms with E-state index in [4.69, 9.17) is 17.0 Å². The van der Waals surface area contributed by atoms with Gasteiger partial charge in [0.1, 0.15) is 21.4 Å². The molecule has 0 atom stereocenters. The Balaban J connectivity index is 2.06. The summed E-state index contributed by atoms with van der Waals surface area (Å²) < 4.78 is 7.40. The molecule has 25 heavy (non-hydrogen) atoms. The van der Waals surface area contributed by atoms with Crippen molar-refractivity contribution in [2.45, 2.75) is 33.7 Å². The predicted octanol–water partition coefficient (Wildman–Crippen LogP) is 2.33. The number of H-pyrrole nitrogens is 2. The van der Waals surface area contributed by atoms with Crippen LogP contribution in [0.3, 0.4) is 0 Å². The van der Waals surface area contributed by atoms with Gasteiger partial charge >= 0.3 is 5.97 Å². The number of carbonyl (C=O) groups is 1. The van der Waals surface area contributed by atoms with Gasteiger partial charge in [0.15, 0.2) is 4.77 Å². The Hall–Kier alpha value is -2.33. The van der Waals surface area contributed by atoms with Crippen molar-refractivity contribution in [3.05, 3.63) is 37.2 Å². The zero-order chi connectivity index (χ0) is 18.1. The third-order valence-corrected chi connectivity index (χ3v) is 5.27. The predicted molar refractivity (Wildman–Crippen MR) is 96.8 cm³/mol. The molecule has 0 spiro atoms. The van der Waals surface area contributed by atoms with Gasteiger partial charge in [-0.15, -0.1) is 11.3 Å². The van der Waals surface area contributed by atoms with Gasteiger partial charge in [-0.1, -0.05) is 0 Å². The number of aryl methyl sites for hydroxylation is 1. The molecule has 132 valence electrons. The number of rotatable bonds is 5. The van der Waals surface area contributed by atoms with Gasteiger partial charge in [-0.05, 0) is 38.6 Å². The van der Waals surface area contributed by atoms with E-state index in [2.05, 4.69) is 20.2 Å². The minimum atomic E-state index is -0.434. The van der Waals surface area contributed by atoms with E-state index in [9.17, 15) is 9.59 Å². The van der Waals surface area contributed by atoms with E-state index in [1.807, 2.05) is 11.5 Å². The van der Waals surface area contributed by atoms with E-state index in [1.165, 1.54) is 0 Å². The highest BCUT2D eigenvalue weighted by Gasteiger charge is 2.20. The molecule has 3 aromatic rings. The van der Waals surface area contributed by atoms with Gasteiger partial charge in [0, 0.05) is 6.54 Å². The summed E-state index contributed by atoms with van der Waals surface area (Å²) in [7, 11) is 0. The number of aromatic amines is 2. The van der Waals surface area contributed by atoms with Crippen LogP contribution in [0.15, 0.2) is 4.79 Å². The molecule has 0 aliphatic carbocycles. The minimum Gasteiger partial charge on any atom is -0.462 e. The lowest BCUT2D eigenvalue weighted by Crippen LogP contribution is -2.14. The zero-order valence-electron chi connectivity index (χ0n) is 14.0. The van der Waals surface area contributed by atoms with Crippen molar-refractivity contribution in [3.8, 4) is 0 Å². The highest BCUT2D eigenvalue weighted by Crippen LogP contribution is 2.27. The van der Waals surface area contributed by atoms with E-state index in [-0.39, 0.29) is 12.2 Å². The molecule has 8 nitrogen and oxygen atoms in total. The van der Waals surface area contributed by atoms with E-state index in [0.29, 0.717) is 50.0 Å². The Kier molecular flexibility index (Phi) is 4.82. The first-order chi connectivity index (χ1) is 12.0. The Morgan fingerprint density at radius 1 is 1.40 bits per heavy atom. The van der Waals surface area contributed by atoms with Crippen LogP contribution in [0.25, 0.3) is 10.2 Å². The third kappa shape index (κ3) is 3.14. The summed E-state index contributed by atoms with van der Waals surface area (Å²) in [6, 6.07) is 0. The lowest BCUT2D eigenvalue weighted by atomic mass is 10.2. The van der Waals surface area contributed by atoms with Gasteiger partial charge in [0.2, 0.25) is 0 Å². The van der Waals surface area contributed by atoms with Gasteiger partial charge in [-0.2, -0.15) is 5.10 Å². The standard InChI is InChI=1S/C15H17N5O3S2/c1-4-20-9(18-19-15(20)24)6-8-16-12(21)10-7(3)11(14(22)23-5-2)25-13(10)17-8/h4-6H2,1-3H3,(H,19,24)(H,16,17,21). The number of carbonyl (C=O) groups excluding carboxylic acids is 1. The van der Waals surface area contributed by atoms with Crippen LogP contribution in [0.1, 0.15) is 40.7 Å². The molecule has 10 heteroatoms. The number of ether oxygens (including phenoxy) is 1. The van der Waals surface area contributed by atoms with Crippen molar-refractivity contribution in [2.75, 3.05) is 6.61 Å². The van der Waals surface area contributed by atoms with Crippen LogP contribution in [0.4, 0.5) is 0 Å². The van der Waals surface area contributed by atoms with Crippen molar-refractivity contribution >= 4 is 39.7 Å². The van der Waals surface area contributed by atoms with Crippen LogP contribution < -0.4 is 5.56 Å². The van der Waals surface area contributed by atoms with Crippen LogP contribution in [0.5, 0.6) is 0 Å². The maximum Gasteiger partial charge on any atom is 0.348 e. The van der Waals surface area contributed by atoms with Gasteiger partial charge in [-0.25, -0.2) is 9.78 Å². The molecule has 0 aromatic carbocycles. The Bertz CT molecular complexity index is 1060. The first-order valence-electron chi connectivity index (χ1n) is 7.79. The fraction of sp³-hybridized carbons (Fsp3) is 0.400. The van der Waals surface area contributed by atoms with Crippen LogP contribution in [0.2, 0.25) is 0 Å². The molecule has 3 aromatic heterocycles. The highest BCUT2D eigenvalue weighted by molar-refractivity contribution is 7.71. The third-order valence-electron chi connectivity index (χ3n) is 3.79. The summed E-state index contributed by atoms with van der Waals surface area (Å²) in [4.78, 5) is 32.7. The molecular formula is C15H17N5O3S2. The lowest BCUT2D eigenvalue weighted by molar-refractivity contribution is 0.0531. The Labute approximate surface area is 151 Å². The van der Waals surface area contributed by atoms with E-state index >= 15 is 0 Å². The highest BCUT2D eigenvalue weighted by atomic mass is 32.1. The number of nitrogens with zero attached hydrogens (tertiary/aromatic N) is 3. The average molecular weight is 379 g/mol. The Morgan fingerprint density at radius 2 is 2.16 bits per heavy atom. The summed E-state index contributed by atoms with van der Waals surface area (Å²) in [5, 5.41) is 7.34. The molecule has 0 amide bonds. The number of hydrogen-bond donors (Lipinski definition) is 2. The average Bonchev–Trinajstić information content (AvgIpc) is 3.08. The summed E-state index contributed by atoms with van der Waals surface area (Å²) in [6.45, 7) is 6.37. The largest absolute Gasteiger partial charge is 0.462 e. The number of nitrogens with one attached hydrogen (secondary N) is 2. The number of thiophene rings is 1. The van der Waals surface area contributed by atoms with Crippen molar-refractivity contribution in [1.29, 1.82) is 0 Å². The maximum absolute atomic E-state index is 12.5.